The molecule has 0 aliphatic rings. The molecule has 0 atom stereocenters. The van der Waals surface area contributed by atoms with Gasteiger partial charge in [-0.1, -0.05) is 17.7 Å². The van der Waals surface area contributed by atoms with Crippen LogP contribution < -0.4 is 11.1 Å². The van der Waals surface area contributed by atoms with Crippen molar-refractivity contribution in [3.8, 4) is 5.69 Å². The Labute approximate surface area is 112 Å². The molecule has 0 unspecified atom stereocenters. The number of fused-ring (bicyclic) bond motifs is 1. The van der Waals surface area contributed by atoms with Gasteiger partial charge in [0, 0.05) is 16.8 Å². The second kappa shape index (κ2) is 4.13. The van der Waals surface area contributed by atoms with Gasteiger partial charge in [0.05, 0.1) is 16.6 Å². The van der Waals surface area contributed by atoms with Crippen molar-refractivity contribution in [2.45, 2.75) is 6.92 Å². The van der Waals surface area contributed by atoms with Gasteiger partial charge in [0.15, 0.2) is 0 Å². The van der Waals surface area contributed by atoms with Gasteiger partial charge in [-0.05, 0) is 25.1 Å². The summed E-state index contributed by atoms with van der Waals surface area (Å²) in [4.78, 5) is 26.4. The summed E-state index contributed by atoms with van der Waals surface area (Å²) in [5.41, 5.74) is 1.21. The maximum absolute atomic E-state index is 12.3. The first kappa shape index (κ1) is 11.8. The summed E-state index contributed by atoms with van der Waals surface area (Å²) in [6.07, 6.45) is 0. The summed E-state index contributed by atoms with van der Waals surface area (Å²) in [6.45, 7) is 1.70. The van der Waals surface area contributed by atoms with Crippen molar-refractivity contribution < 1.29 is 0 Å². The highest BCUT2D eigenvalue weighted by Crippen LogP contribution is 2.15. The Morgan fingerprint density at radius 1 is 1.21 bits per heavy atom. The lowest BCUT2D eigenvalue weighted by Crippen LogP contribution is -2.15. The first-order chi connectivity index (χ1) is 9.06. The first-order valence-corrected chi connectivity index (χ1v) is 6.04. The van der Waals surface area contributed by atoms with Crippen LogP contribution in [0.15, 0.2) is 39.9 Å². The third-order valence-corrected chi connectivity index (χ3v) is 3.18. The van der Waals surface area contributed by atoms with E-state index in [9.17, 15) is 9.59 Å². The fourth-order valence-corrected chi connectivity index (χ4v) is 2.32. The fraction of sp³-hybridized carbons (Fsp3) is 0.0769. The Morgan fingerprint density at radius 2 is 2.00 bits per heavy atom. The van der Waals surface area contributed by atoms with E-state index >= 15 is 0 Å². The summed E-state index contributed by atoms with van der Waals surface area (Å²) in [6, 6.07) is 8.29. The lowest BCUT2D eigenvalue weighted by Gasteiger charge is -2.00. The monoisotopic (exact) mass is 275 g/mol. The van der Waals surface area contributed by atoms with Gasteiger partial charge in [-0.3, -0.25) is 14.7 Å². The SMILES string of the molecule is Cc1[nH]c(=O)cc2[nH]n(-c3cccc(Cl)c3)c(=O)c12. The third kappa shape index (κ3) is 1.88. The number of pyridine rings is 1. The van der Waals surface area contributed by atoms with Gasteiger partial charge >= 0.3 is 0 Å². The highest BCUT2D eigenvalue weighted by Gasteiger charge is 2.11. The van der Waals surface area contributed by atoms with E-state index in [4.69, 9.17) is 11.6 Å². The highest BCUT2D eigenvalue weighted by atomic mass is 35.5. The average Bonchev–Trinajstić information content (AvgIpc) is 2.66. The number of nitrogens with one attached hydrogen (secondary N) is 2. The molecular weight excluding hydrogens is 266 g/mol. The zero-order valence-electron chi connectivity index (χ0n) is 10.0. The van der Waals surface area contributed by atoms with Crippen LogP contribution >= 0.6 is 11.6 Å². The predicted molar refractivity (Wildman–Crippen MR) is 74.3 cm³/mol. The van der Waals surface area contributed by atoms with E-state index < -0.39 is 0 Å². The molecule has 3 rings (SSSR count). The van der Waals surface area contributed by atoms with Crippen molar-refractivity contribution in [1.82, 2.24) is 14.8 Å². The van der Waals surface area contributed by atoms with Crippen molar-refractivity contribution in [2.24, 2.45) is 0 Å². The standard InChI is InChI=1S/C13H10ClN3O2/c1-7-12-10(6-11(18)15-7)16-17(13(12)19)9-4-2-3-8(14)5-9/h2-6,16H,1H3,(H,15,18). The summed E-state index contributed by atoms with van der Waals surface area (Å²) in [5.74, 6) is 0. The maximum Gasteiger partial charge on any atom is 0.280 e. The maximum atomic E-state index is 12.3. The number of hydrogen-bond acceptors (Lipinski definition) is 2. The number of halogens is 1. The smallest absolute Gasteiger partial charge is 0.280 e. The van der Waals surface area contributed by atoms with E-state index in [-0.39, 0.29) is 11.1 Å². The van der Waals surface area contributed by atoms with Gasteiger partial charge in [-0.25, -0.2) is 4.68 Å². The van der Waals surface area contributed by atoms with Crippen LogP contribution in [-0.2, 0) is 0 Å². The van der Waals surface area contributed by atoms with Crippen LogP contribution in [0, 0.1) is 6.92 Å². The molecule has 3 aromatic rings. The number of H-pyrrole nitrogens is 2. The van der Waals surface area contributed by atoms with Crippen LogP contribution in [0.5, 0.6) is 0 Å². The quantitative estimate of drug-likeness (QED) is 0.713. The Hall–Kier alpha value is -2.27. The topological polar surface area (TPSA) is 70.7 Å². The lowest BCUT2D eigenvalue weighted by atomic mass is 10.2. The van der Waals surface area contributed by atoms with Gasteiger partial charge in [-0.2, -0.15) is 0 Å². The van der Waals surface area contributed by atoms with E-state index in [1.807, 2.05) is 0 Å². The second-order valence-electron chi connectivity index (χ2n) is 4.28. The Kier molecular flexibility index (Phi) is 2.57. The summed E-state index contributed by atoms with van der Waals surface area (Å²) in [7, 11) is 0. The second-order valence-corrected chi connectivity index (χ2v) is 4.72. The van der Waals surface area contributed by atoms with Crippen LogP contribution in [0.4, 0.5) is 0 Å². The molecule has 0 saturated heterocycles. The van der Waals surface area contributed by atoms with E-state index in [1.165, 1.54) is 10.7 Å². The normalized spacial score (nSPS) is 11.1. The first-order valence-electron chi connectivity index (χ1n) is 5.67. The number of nitrogens with zero attached hydrogens (tertiary/aromatic N) is 1. The molecule has 19 heavy (non-hydrogen) atoms. The van der Waals surface area contributed by atoms with Crippen molar-refractivity contribution in [2.75, 3.05) is 0 Å². The molecule has 0 aliphatic carbocycles. The summed E-state index contributed by atoms with van der Waals surface area (Å²) in [5, 5.41) is 3.92. The van der Waals surface area contributed by atoms with Crippen LogP contribution in [0.1, 0.15) is 5.69 Å². The lowest BCUT2D eigenvalue weighted by molar-refractivity contribution is 0.863. The van der Waals surface area contributed by atoms with Crippen LogP contribution in [-0.4, -0.2) is 14.8 Å². The van der Waals surface area contributed by atoms with E-state index in [0.29, 0.717) is 27.3 Å². The molecular formula is C13H10ClN3O2. The number of rotatable bonds is 1. The van der Waals surface area contributed by atoms with Crippen LogP contribution in [0.25, 0.3) is 16.6 Å². The third-order valence-electron chi connectivity index (χ3n) is 2.95. The predicted octanol–water partition coefficient (Wildman–Crippen LogP) is 1.97. The molecule has 5 nitrogen and oxygen atoms in total. The fourth-order valence-electron chi connectivity index (χ4n) is 2.13. The molecule has 0 saturated carbocycles. The zero-order chi connectivity index (χ0) is 13.6. The molecule has 1 aromatic carbocycles. The number of aryl methyl sites for hydroxylation is 1. The minimum atomic E-state index is -0.246. The van der Waals surface area contributed by atoms with Crippen molar-refractivity contribution in [1.29, 1.82) is 0 Å². The molecule has 0 radical (unpaired) electrons. The van der Waals surface area contributed by atoms with Gasteiger partial charge in [0.25, 0.3) is 5.56 Å². The van der Waals surface area contributed by atoms with E-state index in [1.54, 1.807) is 31.2 Å². The molecule has 0 amide bonds. The molecule has 0 spiro atoms. The Bertz CT molecular complexity index is 889. The van der Waals surface area contributed by atoms with Crippen molar-refractivity contribution >= 4 is 22.5 Å². The molecule has 2 aromatic heterocycles. The van der Waals surface area contributed by atoms with Gasteiger partial charge in [0.1, 0.15) is 0 Å². The highest BCUT2D eigenvalue weighted by molar-refractivity contribution is 6.30. The van der Waals surface area contributed by atoms with Crippen LogP contribution in [0.2, 0.25) is 5.02 Å². The van der Waals surface area contributed by atoms with Crippen molar-refractivity contribution in [3.63, 3.8) is 0 Å². The molecule has 2 heterocycles. The Balaban J connectivity index is 2.38. The molecule has 2 N–H and O–H groups in total. The van der Waals surface area contributed by atoms with Gasteiger partial charge < -0.3 is 4.98 Å². The molecule has 0 fully saturated rings. The number of aromatic amines is 2. The number of aromatic nitrogens is 3. The van der Waals surface area contributed by atoms with Crippen LogP contribution in [0.3, 0.4) is 0 Å². The average molecular weight is 276 g/mol. The zero-order valence-corrected chi connectivity index (χ0v) is 10.8. The molecule has 0 bridgehead atoms. The number of hydrogen-bond donors (Lipinski definition) is 2. The minimum absolute atomic E-state index is 0.217. The van der Waals surface area contributed by atoms with Crippen molar-refractivity contribution in [3.05, 3.63) is 61.8 Å². The van der Waals surface area contributed by atoms with Gasteiger partial charge in [-0.15, -0.1) is 0 Å². The molecule has 6 heteroatoms. The van der Waals surface area contributed by atoms with Gasteiger partial charge in [0.2, 0.25) is 5.56 Å². The minimum Gasteiger partial charge on any atom is -0.326 e. The summed E-state index contributed by atoms with van der Waals surface area (Å²) >= 11 is 5.92. The Morgan fingerprint density at radius 3 is 2.74 bits per heavy atom. The molecule has 96 valence electrons. The van der Waals surface area contributed by atoms with E-state index in [2.05, 4.69) is 10.1 Å². The number of benzene rings is 1. The largest absolute Gasteiger partial charge is 0.326 e. The summed E-state index contributed by atoms with van der Waals surface area (Å²) < 4.78 is 1.37. The molecule has 0 aliphatic heterocycles. The van der Waals surface area contributed by atoms with E-state index in [0.717, 1.165) is 0 Å².